The molecule has 0 spiro atoms. The van der Waals surface area contributed by atoms with Gasteiger partial charge in [-0.15, -0.1) is 0 Å². The Hall–Kier alpha value is -3.48. The van der Waals surface area contributed by atoms with Gasteiger partial charge >= 0.3 is 6.03 Å². The number of nitrogens with zero attached hydrogens (tertiary/aromatic N) is 2. The van der Waals surface area contributed by atoms with Gasteiger partial charge in [0, 0.05) is 5.56 Å². The normalized spacial score (nSPS) is 19.4. The first-order valence-electron chi connectivity index (χ1n) is 8.37. The van der Waals surface area contributed by atoms with Crippen molar-refractivity contribution in [2.75, 3.05) is 0 Å². The van der Waals surface area contributed by atoms with Crippen LogP contribution in [0.25, 0.3) is 11.5 Å². The standard InChI is InChI=1S/C20H16FN3O3/c1-20(14-7-9-15(21)10-8-14)18(25)24(19(26)23-20)11-16-12-27-17(22-16)13-5-3-2-4-6-13/h2-10,12H,11H2,1H3,(H,23,26). The fourth-order valence-corrected chi connectivity index (χ4v) is 3.07. The maximum atomic E-state index is 13.2. The monoisotopic (exact) mass is 365 g/mol. The number of carbonyl (C=O) groups is 2. The highest BCUT2D eigenvalue weighted by Gasteiger charge is 2.49. The van der Waals surface area contributed by atoms with Crippen molar-refractivity contribution >= 4 is 11.9 Å². The molecule has 0 saturated carbocycles. The third-order valence-electron chi connectivity index (χ3n) is 4.59. The van der Waals surface area contributed by atoms with Crippen molar-refractivity contribution in [3.63, 3.8) is 0 Å². The number of rotatable bonds is 4. The molecule has 3 amide bonds. The molecule has 6 nitrogen and oxygen atoms in total. The Kier molecular flexibility index (Phi) is 3.99. The SMILES string of the molecule is CC1(c2ccc(F)cc2)NC(=O)N(Cc2coc(-c3ccccc3)n2)C1=O. The second-order valence-electron chi connectivity index (χ2n) is 6.46. The first-order chi connectivity index (χ1) is 13.0. The molecule has 0 bridgehead atoms. The highest BCUT2D eigenvalue weighted by atomic mass is 19.1. The van der Waals surface area contributed by atoms with E-state index in [2.05, 4.69) is 10.3 Å². The smallest absolute Gasteiger partial charge is 0.325 e. The highest BCUT2D eigenvalue weighted by Crippen LogP contribution is 2.30. The largest absolute Gasteiger partial charge is 0.444 e. The summed E-state index contributed by atoms with van der Waals surface area (Å²) in [5.74, 6) is -0.422. The molecule has 7 heteroatoms. The van der Waals surface area contributed by atoms with Crippen LogP contribution >= 0.6 is 0 Å². The number of oxazole rings is 1. The van der Waals surface area contributed by atoms with Crippen LogP contribution in [0.15, 0.2) is 65.3 Å². The molecular weight excluding hydrogens is 349 g/mol. The summed E-state index contributed by atoms with van der Waals surface area (Å²) in [6.45, 7) is 1.58. The number of hydrogen-bond donors (Lipinski definition) is 1. The molecule has 1 fully saturated rings. The van der Waals surface area contributed by atoms with Crippen molar-refractivity contribution in [3.05, 3.63) is 77.9 Å². The van der Waals surface area contributed by atoms with Gasteiger partial charge in [-0.05, 0) is 36.8 Å². The van der Waals surface area contributed by atoms with Crippen LogP contribution < -0.4 is 5.32 Å². The first-order valence-corrected chi connectivity index (χ1v) is 8.37. The molecule has 4 rings (SSSR count). The van der Waals surface area contributed by atoms with Crippen molar-refractivity contribution in [2.24, 2.45) is 0 Å². The molecule has 27 heavy (non-hydrogen) atoms. The molecule has 1 aromatic heterocycles. The number of urea groups is 1. The van der Waals surface area contributed by atoms with Gasteiger partial charge in [-0.2, -0.15) is 0 Å². The number of carbonyl (C=O) groups excluding carboxylic acids is 2. The summed E-state index contributed by atoms with van der Waals surface area (Å²) in [6.07, 6.45) is 1.43. The predicted octanol–water partition coefficient (Wildman–Crippen LogP) is 3.45. The van der Waals surface area contributed by atoms with Crippen LogP contribution in [0.5, 0.6) is 0 Å². The summed E-state index contributed by atoms with van der Waals surface area (Å²) in [4.78, 5) is 30.7. The van der Waals surface area contributed by atoms with Crippen LogP contribution in [0.3, 0.4) is 0 Å². The highest BCUT2D eigenvalue weighted by molar-refractivity contribution is 6.07. The summed E-state index contributed by atoms with van der Waals surface area (Å²) in [5, 5.41) is 2.68. The zero-order valence-corrected chi connectivity index (χ0v) is 14.5. The van der Waals surface area contributed by atoms with Crippen LogP contribution in [0.1, 0.15) is 18.2 Å². The minimum atomic E-state index is -1.25. The molecule has 136 valence electrons. The number of halogens is 1. The van der Waals surface area contributed by atoms with Crippen molar-refractivity contribution in [1.82, 2.24) is 15.2 Å². The van der Waals surface area contributed by atoms with E-state index in [4.69, 9.17) is 4.42 Å². The molecular formula is C20H16FN3O3. The van der Waals surface area contributed by atoms with Crippen LogP contribution in [0.4, 0.5) is 9.18 Å². The lowest BCUT2D eigenvalue weighted by molar-refractivity contribution is -0.131. The Bertz CT molecular complexity index is 1000. The van der Waals surface area contributed by atoms with E-state index in [9.17, 15) is 14.0 Å². The van der Waals surface area contributed by atoms with E-state index >= 15 is 0 Å². The summed E-state index contributed by atoms with van der Waals surface area (Å²) >= 11 is 0. The van der Waals surface area contributed by atoms with Crippen LogP contribution in [-0.4, -0.2) is 21.8 Å². The number of hydrogen-bond acceptors (Lipinski definition) is 4. The average Bonchev–Trinajstić information content (AvgIpc) is 3.22. The van der Waals surface area contributed by atoms with E-state index in [-0.39, 0.29) is 6.54 Å². The first kappa shape index (κ1) is 17.0. The van der Waals surface area contributed by atoms with Gasteiger partial charge in [0.1, 0.15) is 17.6 Å². The lowest BCUT2D eigenvalue weighted by Gasteiger charge is -2.22. The van der Waals surface area contributed by atoms with Gasteiger partial charge in [0.25, 0.3) is 5.91 Å². The quantitative estimate of drug-likeness (QED) is 0.719. The average molecular weight is 365 g/mol. The molecule has 0 radical (unpaired) electrons. The summed E-state index contributed by atoms with van der Waals surface area (Å²) in [7, 11) is 0. The molecule has 0 aliphatic carbocycles. The molecule has 1 saturated heterocycles. The van der Waals surface area contributed by atoms with Gasteiger partial charge in [0.15, 0.2) is 0 Å². The van der Waals surface area contributed by atoms with Crippen LogP contribution in [-0.2, 0) is 16.9 Å². The molecule has 1 unspecified atom stereocenters. The zero-order chi connectivity index (χ0) is 19.0. The van der Waals surface area contributed by atoms with Crippen molar-refractivity contribution < 1.29 is 18.4 Å². The van der Waals surface area contributed by atoms with E-state index in [1.54, 1.807) is 6.92 Å². The number of aromatic nitrogens is 1. The maximum Gasteiger partial charge on any atom is 0.325 e. The number of nitrogens with one attached hydrogen (secondary N) is 1. The molecule has 2 aromatic carbocycles. The summed E-state index contributed by atoms with van der Waals surface area (Å²) < 4.78 is 18.6. The Morgan fingerprint density at radius 2 is 1.81 bits per heavy atom. The van der Waals surface area contributed by atoms with E-state index in [1.807, 2.05) is 30.3 Å². The molecule has 1 aliphatic heterocycles. The third kappa shape index (κ3) is 2.97. The topological polar surface area (TPSA) is 75.4 Å². The maximum absolute atomic E-state index is 13.2. The van der Waals surface area contributed by atoms with E-state index in [0.717, 1.165) is 10.5 Å². The minimum absolute atomic E-state index is 0.0161. The van der Waals surface area contributed by atoms with Crippen molar-refractivity contribution in [2.45, 2.75) is 19.0 Å². The fourth-order valence-electron chi connectivity index (χ4n) is 3.07. The minimum Gasteiger partial charge on any atom is -0.444 e. The Balaban J connectivity index is 1.56. The van der Waals surface area contributed by atoms with Gasteiger partial charge in [-0.1, -0.05) is 30.3 Å². The van der Waals surface area contributed by atoms with Gasteiger partial charge in [-0.3, -0.25) is 9.69 Å². The van der Waals surface area contributed by atoms with Gasteiger partial charge in [0.2, 0.25) is 5.89 Å². The number of amides is 3. The van der Waals surface area contributed by atoms with E-state index in [1.165, 1.54) is 30.5 Å². The number of benzene rings is 2. The Labute approximate surface area is 154 Å². The molecule has 1 atom stereocenters. The Morgan fingerprint density at radius 3 is 2.52 bits per heavy atom. The van der Waals surface area contributed by atoms with E-state index in [0.29, 0.717) is 17.1 Å². The predicted molar refractivity (Wildman–Crippen MR) is 94.8 cm³/mol. The number of imide groups is 1. The molecule has 3 aromatic rings. The second kappa shape index (κ2) is 6.35. The lowest BCUT2D eigenvalue weighted by Crippen LogP contribution is -2.40. The summed E-state index contributed by atoms with van der Waals surface area (Å²) in [5.41, 5.74) is 0.518. The van der Waals surface area contributed by atoms with Gasteiger partial charge in [-0.25, -0.2) is 14.2 Å². The fraction of sp³-hybridized carbons (Fsp3) is 0.150. The van der Waals surface area contributed by atoms with Gasteiger partial charge in [0.05, 0.1) is 12.2 Å². The third-order valence-corrected chi connectivity index (χ3v) is 4.59. The molecule has 1 aliphatic rings. The zero-order valence-electron chi connectivity index (χ0n) is 14.5. The molecule has 1 N–H and O–H groups in total. The van der Waals surface area contributed by atoms with Crippen molar-refractivity contribution in [1.29, 1.82) is 0 Å². The molecule has 2 heterocycles. The van der Waals surface area contributed by atoms with Gasteiger partial charge < -0.3 is 9.73 Å². The van der Waals surface area contributed by atoms with Crippen LogP contribution in [0, 0.1) is 5.82 Å². The second-order valence-corrected chi connectivity index (χ2v) is 6.46. The van der Waals surface area contributed by atoms with Crippen molar-refractivity contribution in [3.8, 4) is 11.5 Å². The van der Waals surface area contributed by atoms with Crippen LogP contribution in [0.2, 0.25) is 0 Å². The Morgan fingerprint density at radius 1 is 1.11 bits per heavy atom. The summed E-state index contributed by atoms with van der Waals surface area (Å²) in [6, 6.07) is 14.3. The lowest BCUT2D eigenvalue weighted by atomic mass is 9.92. The van der Waals surface area contributed by atoms with E-state index < -0.39 is 23.3 Å².